The SMILES string of the molecule is c1csc(SC[C@@H]2CCCN2)c1. The number of hydrogen-bond donors (Lipinski definition) is 1. The molecule has 0 bridgehead atoms. The maximum absolute atomic E-state index is 3.50. The molecule has 1 aliphatic rings. The van der Waals surface area contributed by atoms with Crippen LogP contribution in [-0.2, 0) is 0 Å². The maximum Gasteiger partial charge on any atom is 0.0599 e. The quantitative estimate of drug-likeness (QED) is 0.751. The molecule has 0 spiro atoms. The predicted octanol–water partition coefficient (Wildman–Crippen LogP) is 2.59. The Bertz CT molecular complexity index is 214. The van der Waals surface area contributed by atoms with Crippen LogP contribution in [0.5, 0.6) is 0 Å². The molecule has 1 saturated heterocycles. The molecule has 0 aromatic carbocycles. The lowest BCUT2D eigenvalue weighted by atomic mass is 10.3. The van der Waals surface area contributed by atoms with E-state index in [2.05, 4.69) is 22.8 Å². The monoisotopic (exact) mass is 199 g/mol. The highest BCUT2D eigenvalue weighted by Gasteiger charge is 2.13. The number of rotatable bonds is 3. The van der Waals surface area contributed by atoms with E-state index < -0.39 is 0 Å². The predicted molar refractivity (Wildman–Crippen MR) is 56.1 cm³/mol. The van der Waals surface area contributed by atoms with Gasteiger partial charge in [0.25, 0.3) is 0 Å². The molecule has 1 N–H and O–H groups in total. The minimum absolute atomic E-state index is 0.761. The second kappa shape index (κ2) is 4.30. The van der Waals surface area contributed by atoms with Crippen LogP contribution in [0.15, 0.2) is 21.7 Å². The summed E-state index contributed by atoms with van der Waals surface area (Å²) in [7, 11) is 0. The van der Waals surface area contributed by atoms with E-state index in [0.29, 0.717) is 0 Å². The van der Waals surface area contributed by atoms with Crippen molar-refractivity contribution < 1.29 is 0 Å². The highest BCUT2D eigenvalue weighted by atomic mass is 32.2. The summed E-state index contributed by atoms with van der Waals surface area (Å²) >= 11 is 3.82. The third kappa shape index (κ3) is 2.25. The minimum atomic E-state index is 0.761. The van der Waals surface area contributed by atoms with Crippen molar-refractivity contribution in [3.8, 4) is 0 Å². The van der Waals surface area contributed by atoms with Crippen LogP contribution in [0.1, 0.15) is 12.8 Å². The molecule has 0 saturated carbocycles. The van der Waals surface area contributed by atoms with Crippen molar-refractivity contribution in [1.29, 1.82) is 0 Å². The molecule has 3 heteroatoms. The molecule has 12 heavy (non-hydrogen) atoms. The highest BCUT2D eigenvalue weighted by Crippen LogP contribution is 2.25. The Morgan fingerprint density at radius 1 is 1.67 bits per heavy atom. The first kappa shape index (κ1) is 8.60. The molecule has 1 aromatic rings. The lowest BCUT2D eigenvalue weighted by molar-refractivity contribution is 0.674. The van der Waals surface area contributed by atoms with Gasteiger partial charge in [0.15, 0.2) is 0 Å². The zero-order chi connectivity index (χ0) is 8.23. The second-order valence-electron chi connectivity index (χ2n) is 3.04. The fraction of sp³-hybridized carbons (Fsp3) is 0.556. The van der Waals surface area contributed by atoms with E-state index in [-0.39, 0.29) is 0 Å². The minimum Gasteiger partial charge on any atom is -0.313 e. The van der Waals surface area contributed by atoms with Crippen LogP contribution in [0.25, 0.3) is 0 Å². The van der Waals surface area contributed by atoms with Gasteiger partial charge in [0.05, 0.1) is 4.21 Å². The van der Waals surface area contributed by atoms with Gasteiger partial charge in [-0.2, -0.15) is 0 Å². The van der Waals surface area contributed by atoms with Crippen LogP contribution >= 0.6 is 23.1 Å². The van der Waals surface area contributed by atoms with Gasteiger partial charge < -0.3 is 5.32 Å². The average molecular weight is 199 g/mol. The van der Waals surface area contributed by atoms with Gasteiger partial charge in [-0.1, -0.05) is 6.07 Å². The van der Waals surface area contributed by atoms with E-state index in [1.54, 1.807) is 0 Å². The summed E-state index contributed by atoms with van der Waals surface area (Å²) in [5.41, 5.74) is 0. The van der Waals surface area contributed by atoms with E-state index in [1.807, 2.05) is 23.1 Å². The Hall–Kier alpha value is 0.01000. The summed E-state index contributed by atoms with van der Waals surface area (Å²) in [6.07, 6.45) is 2.72. The van der Waals surface area contributed by atoms with Crippen molar-refractivity contribution >= 4 is 23.1 Å². The summed E-state index contributed by atoms with van der Waals surface area (Å²) in [4.78, 5) is 0. The average Bonchev–Trinajstić information content (AvgIpc) is 2.74. The normalized spacial score (nSPS) is 23.2. The topological polar surface area (TPSA) is 12.0 Å². The zero-order valence-electron chi connectivity index (χ0n) is 6.95. The smallest absolute Gasteiger partial charge is 0.0599 e. The van der Waals surface area contributed by atoms with E-state index in [4.69, 9.17) is 0 Å². The van der Waals surface area contributed by atoms with Crippen molar-refractivity contribution in [2.45, 2.75) is 23.1 Å². The van der Waals surface area contributed by atoms with Gasteiger partial charge in [-0.25, -0.2) is 0 Å². The van der Waals surface area contributed by atoms with Crippen molar-refractivity contribution in [3.05, 3.63) is 17.5 Å². The third-order valence-corrected chi connectivity index (χ3v) is 4.38. The van der Waals surface area contributed by atoms with E-state index in [0.717, 1.165) is 6.04 Å². The number of thiophene rings is 1. The molecule has 0 radical (unpaired) electrons. The molecular formula is C9H13NS2. The van der Waals surface area contributed by atoms with Crippen molar-refractivity contribution in [3.63, 3.8) is 0 Å². The Morgan fingerprint density at radius 2 is 2.67 bits per heavy atom. The summed E-state index contributed by atoms with van der Waals surface area (Å²) in [6.45, 7) is 1.22. The molecular weight excluding hydrogens is 186 g/mol. The van der Waals surface area contributed by atoms with E-state index in [1.165, 1.54) is 29.3 Å². The summed E-state index contributed by atoms with van der Waals surface area (Å²) in [5, 5.41) is 5.65. The van der Waals surface area contributed by atoms with Gasteiger partial charge in [0.2, 0.25) is 0 Å². The lowest BCUT2D eigenvalue weighted by Crippen LogP contribution is -2.23. The molecule has 0 aliphatic carbocycles. The lowest BCUT2D eigenvalue weighted by Gasteiger charge is -2.07. The Labute approximate surface area is 81.6 Å². The molecule has 66 valence electrons. The van der Waals surface area contributed by atoms with Gasteiger partial charge in [-0.15, -0.1) is 23.1 Å². The number of nitrogens with one attached hydrogen (secondary N) is 1. The molecule has 1 aliphatic heterocycles. The van der Waals surface area contributed by atoms with Crippen LogP contribution < -0.4 is 5.32 Å². The Kier molecular flexibility index (Phi) is 3.08. The van der Waals surface area contributed by atoms with Crippen molar-refractivity contribution in [2.75, 3.05) is 12.3 Å². The van der Waals surface area contributed by atoms with Crippen LogP contribution in [0.2, 0.25) is 0 Å². The number of hydrogen-bond acceptors (Lipinski definition) is 3. The molecule has 0 amide bonds. The first-order chi connectivity index (χ1) is 5.95. The molecule has 2 rings (SSSR count). The van der Waals surface area contributed by atoms with Crippen LogP contribution in [0.3, 0.4) is 0 Å². The molecule has 1 aromatic heterocycles. The largest absolute Gasteiger partial charge is 0.313 e. The van der Waals surface area contributed by atoms with Crippen LogP contribution in [-0.4, -0.2) is 18.3 Å². The summed E-state index contributed by atoms with van der Waals surface area (Å²) in [5.74, 6) is 1.24. The standard InChI is InChI=1S/C9H13NS2/c1-3-8(10-5-1)7-12-9-4-2-6-11-9/h2,4,6,8,10H,1,3,5,7H2/t8-/m0/s1. The fourth-order valence-electron chi connectivity index (χ4n) is 1.43. The first-order valence-electron chi connectivity index (χ1n) is 4.35. The van der Waals surface area contributed by atoms with Gasteiger partial charge in [0, 0.05) is 11.8 Å². The van der Waals surface area contributed by atoms with Gasteiger partial charge in [-0.05, 0) is 30.8 Å². The molecule has 2 heterocycles. The molecule has 1 atom stereocenters. The molecule has 0 unspecified atom stereocenters. The molecule has 1 fully saturated rings. The highest BCUT2D eigenvalue weighted by molar-refractivity contribution is 8.01. The second-order valence-corrected chi connectivity index (χ2v) is 5.30. The van der Waals surface area contributed by atoms with Gasteiger partial charge in [-0.3, -0.25) is 0 Å². The van der Waals surface area contributed by atoms with E-state index >= 15 is 0 Å². The Morgan fingerprint density at radius 3 is 3.33 bits per heavy atom. The van der Waals surface area contributed by atoms with Gasteiger partial charge >= 0.3 is 0 Å². The van der Waals surface area contributed by atoms with Gasteiger partial charge in [0.1, 0.15) is 0 Å². The summed E-state index contributed by atoms with van der Waals surface area (Å²) in [6, 6.07) is 5.08. The van der Waals surface area contributed by atoms with Crippen LogP contribution in [0, 0.1) is 0 Å². The fourth-order valence-corrected chi connectivity index (χ4v) is 3.34. The zero-order valence-corrected chi connectivity index (χ0v) is 8.59. The van der Waals surface area contributed by atoms with Crippen LogP contribution in [0.4, 0.5) is 0 Å². The number of thioether (sulfide) groups is 1. The van der Waals surface area contributed by atoms with Crippen molar-refractivity contribution in [2.24, 2.45) is 0 Å². The van der Waals surface area contributed by atoms with Crippen molar-refractivity contribution in [1.82, 2.24) is 5.32 Å². The Balaban J connectivity index is 1.74. The first-order valence-corrected chi connectivity index (χ1v) is 6.21. The van der Waals surface area contributed by atoms with E-state index in [9.17, 15) is 0 Å². The maximum atomic E-state index is 3.50. The summed E-state index contributed by atoms with van der Waals surface area (Å²) < 4.78 is 1.45. The molecule has 1 nitrogen and oxygen atoms in total. The third-order valence-electron chi connectivity index (χ3n) is 2.08.